The van der Waals surface area contributed by atoms with Gasteiger partial charge in [0.1, 0.15) is 12.6 Å². The molecule has 0 aliphatic rings. The number of alkyl halides is 3. The third-order valence-electron chi connectivity index (χ3n) is 6.48. The predicted molar refractivity (Wildman–Crippen MR) is 155 cm³/mol. The van der Waals surface area contributed by atoms with Gasteiger partial charge in [-0.3, -0.25) is 9.59 Å². The molecule has 2 unspecified atom stereocenters. The molecule has 7 nitrogen and oxygen atoms in total. The van der Waals surface area contributed by atoms with Crippen LogP contribution in [-0.2, 0) is 38.6 Å². The molecule has 0 saturated heterocycles. The summed E-state index contributed by atoms with van der Waals surface area (Å²) in [4.78, 5) is 25.8. The van der Waals surface area contributed by atoms with Crippen LogP contribution in [0.15, 0.2) is 120 Å². The summed E-state index contributed by atoms with van der Waals surface area (Å²) in [6.07, 6.45) is -4.39. The van der Waals surface area contributed by atoms with E-state index >= 15 is 0 Å². The fourth-order valence-electron chi connectivity index (χ4n) is 4.29. The van der Waals surface area contributed by atoms with Gasteiger partial charge in [-0.2, -0.15) is 17.9 Å². The van der Waals surface area contributed by atoms with E-state index in [-0.39, 0.29) is 18.9 Å². The molecule has 0 heterocycles. The molecule has 4 aromatic carbocycles. The highest BCUT2D eigenvalue weighted by Gasteiger charge is 2.32. The summed E-state index contributed by atoms with van der Waals surface area (Å²) in [7, 11) is -4.42. The highest BCUT2D eigenvalue weighted by Crippen LogP contribution is 2.29. The van der Waals surface area contributed by atoms with Crippen LogP contribution in [0.2, 0.25) is 0 Å². The minimum Gasteiger partial charge on any atom is -0.462 e. The molecule has 2 atom stereocenters. The van der Waals surface area contributed by atoms with Crippen LogP contribution in [0.3, 0.4) is 0 Å². The van der Waals surface area contributed by atoms with Crippen molar-refractivity contribution in [1.82, 2.24) is 10.0 Å². The van der Waals surface area contributed by atoms with Gasteiger partial charge in [-0.05, 0) is 60.4 Å². The van der Waals surface area contributed by atoms with Crippen LogP contribution in [0, 0.1) is 0 Å². The highest BCUT2D eigenvalue weighted by molar-refractivity contribution is 7.89. The van der Waals surface area contributed by atoms with Gasteiger partial charge in [-0.15, -0.1) is 0 Å². The Morgan fingerprint density at radius 3 is 1.77 bits per heavy atom. The van der Waals surface area contributed by atoms with Gasteiger partial charge >= 0.3 is 12.1 Å². The van der Waals surface area contributed by atoms with Gasteiger partial charge < -0.3 is 10.1 Å². The smallest absolute Gasteiger partial charge is 0.416 e. The molecule has 224 valence electrons. The Bertz CT molecular complexity index is 1600. The third kappa shape index (κ3) is 9.25. The second-order valence-electron chi connectivity index (χ2n) is 9.74. The third-order valence-corrected chi connectivity index (χ3v) is 7.97. The van der Waals surface area contributed by atoms with E-state index in [1.807, 2.05) is 30.3 Å². The van der Waals surface area contributed by atoms with Crippen molar-refractivity contribution in [3.63, 3.8) is 0 Å². The lowest BCUT2D eigenvalue weighted by Crippen LogP contribution is -2.46. The lowest BCUT2D eigenvalue weighted by atomic mass is 10.1. The summed E-state index contributed by atoms with van der Waals surface area (Å²) >= 11 is 0. The van der Waals surface area contributed by atoms with Gasteiger partial charge in [0.05, 0.1) is 16.5 Å². The van der Waals surface area contributed by atoms with Crippen molar-refractivity contribution in [3.8, 4) is 0 Å². The number of sulfonamides is 1. The molecule has 0 aromatic heterocycles. The summed E-state index contributed by atoms with van der Waals surface area (Å²) in [5.74, 6) is -1.28. The number of carbonyl (C=O) groups excluding carboxylic acids is 2. The molecule has 2 N–H and O–H groups in total. The monoisotopic (exact) mass is 610 g/mol. The molecule has 0 spiro atoms. The molecule has 0 radical (unpaired) electrons. The number of rotatable bonds is 12. The van der Waals surface area contributed by atoms with Crippen molar-refractivity contribution in [3.05, 3.63) is 138 Å². The van der Waals surface area contributed by atoms with Gasteiger partial charge in [-0.1, -0.05) is 78.9 Å². The Balaban J connectivity index is 1.52. The molecule has 1 amide bonds. The molecule has 4 rings (SSSR count). The molecule has 0 fully saturated rings. The predicted octanol–water partition coefficient (Wildman–Crippen LogP) is 5.18. The lowest BCUT2D eigenvalue weighted by molar-refractivity contribution is -0.146. The number of benzene rings is 4. The Labute approximate surface area is 247 Å². The number of esters is 1. The number of amides is 1. The standard InChI is InChI=1S/C32H29F3N2O5S/c33-32(34,35)26-16-18-28(19-17-26)43(40,41)37-29(21-24-12-6-2-7-13-24)31(39)42-22-27(20-23-10-4-1-5-11-23)36-30(38)25-14-8-3-9-15-25/h1-19,27,29,37H,20-22H2,(H,36,38). The number of hydrogen-bond donors (Lipinski definition) is 2. The van der Waals surface area contributed by atoms with Crippen molar-refractivity contribution in [2.24, 2.45) is 0 Å². The lowest BCUT2D eigenvalue weighted by Gasteiger charge is -2.22. The molecule has 4 aromatic rings. The summed E-state index contributed by atoms with van der Waals surface area (Å²) < 4.78 is 73.0. The van der Waals surface area contributed by atoms with Gasteiger partial charge in [0.25, 0.3) is 5.91 Å². The van der Waals surface area contributed by atoms with E-state index in [1.54, 1.807) is 60.7 Å². The summed E-state index contributed by atoms with van der Waals surface area (Å²) in [5, 5.41) is 2.87. The van der Waals surface area contributed by atoms with Crippen LogP contribution in [-0.4, -0.2) is 39.0 Å². The van der Waals surface area contributed by atoms with Crippen LogP contribution < -0.4 is 10.0 Å². The number of halogens is 3. The Morgan fingerprint density at radius 1 is 0.721 bits per heavy atom. The maximum absolute atomic E-state index is 13.3. The number of nitrogens with one attached hydrogen (secondary N) is 2. The topological polar surface area (TPSA) is 102 Å². The maximum atomic E-state index is 13.3. The minimum absolute atomic E-state index is 0.0841. The number of hydrogen-bond acceptors (Lipinski definition) is 5. The first-order valence-corrected chi connectivity index (χ1v) is 14.8. The van der Waals surface area contributed by atoms with Gasteiger partial charge in [0, 0.05) is 5.56 Å². The fourth-order valence-corrected chi connectivity index (χ4v) is 5.48. The first-order valence-electron chi connectivity index (χ1n) is 13.3. The number of ether oxygens (including phenoxy) is 1. The molecule has 0 saturated carbocycles. The maximum Gasteiger partial charge on any atom is 0.416 e. The quantitative estimate of drug-likeness (QED) is 0.215. The molecule has 0 aliphatic heterocycles. The van der Waals surface area contributed by atoms with Gasteiger partial charge in [0.15, 0.2) is 0 Å². The van der Waals surface area contributed by atoms with Crippen LogP contribution in [0.1, 0.15) is 27.0 Å². The SMILES string of the molecule is O=C(NC(COC(=O)C(Cc1ccccc1)NS(=O)(=O)c1ccc(C(F)(F)F)cc1)Cc1ccccc1)c1ccccc1. The average molecular weight is 611 g/mol. The number of carbonyl (C=O) groups is 2. The van der Waals surface area contributed by atoms with E-state index in [2.05, 4.69) is 10.0 Å². The molecule has 0 aliphatic carbocycles. The second kappa shape index (κ2) is 14.1. The second-order valence-corrected chi connectivity index (χ2v) is 11.5. The van der Waals surface area contributed by atoms with Crippen molar-refractivity contribution in [2.45, 2.75) is 36.0 Å². The Morgan fingerprint density at radius 2 is 1.23 bits per heavy atom. The zero-order chi connectivity index (χ0) is 30.9. The van der Waals surface area contributed by atoms with Crippen LogP contribution in [0.5, 0.6) is 0 Å². The van der Waals surface area contributed by atoms with E-state index in [0.29, 0.717) is 29.7 Å². The largest absolute Gasteiger partial charge is 0.462 e. The molecule has 43 heavy (non-hydrogen) atoms. The van der Waals surface area contributed by atoms with Gasteiger partial charge in [0.2, 0.25) is 10.0 Å². The summed E-state index contributed by atoms with van der Waals surface area (Å²) in [6.45, 7) is -0.264. The molecular weight excluding hydrogens is 581 g/mol. The van der Waals surface area contributed by atoms with Crippen molar-refractivity contribution in [2.75, 3.05) is 6.61 Å². The van der Waals surface area contributed by atoms with Crippen molar-refractivity contribution >= 4 is 21.9 Å². The van der Waals surface area contributed by atoms with Crippen molar-refractivity contribution < 1.29 is 35.9 Å². The average Bonchev–Trinajstić information content (AvgIpc) is 3.00. The van der Waals surface area contributed by atoms with Crippen LogP contribution in [0.4, 0.5) is 13.2 Å². The van der Waals surface area contributed by atoms with E-state index in [4.69, 9.17) is 4.74 Å². The first-order chi connectivity index (χ1) is 20.5. The first kappa shape index (κ1) is 31.5. The van der Waals surface area contributed by atoms with E-state index in [0.717, 1.165) is 17.7 Å². The Kier molecular flexibility index (Phi) is 10.3. The van der Waals surface area contributed by atoms with Gasteiger partial charge in [-0.25, -0.2) is 8.42 Å². The summed E-state index contributed by atoms with van der Waals surface area (Å²) in [5.41, 5.74) is 0.908. The summed E-state index contributed by atoms with van der Waals surface area (Å²) in [6, 6.07) is 27.2. The Hall–Kier alpha value is -4.48. The highest BCUT2D eigenvalue weighted by atomic mass is 32.2. The zero-order valence-corrected chi connectivity index (χ0v) is 23.6. The molecule has 0 bridgehead atoms. The van der Waals surface area contributed by atoms with Crippen molar-refractivity contribution in [1.29, 1.82) is 0 Å². The molecular formula is C32H29F3N2O5S. The molecule has 11 heteroatoms. The van der Waals surface area contributed by atoms with E-state index in [9.17, 15) is 31.2 Å². The van der Waals surface area contributed by atoms with E-state index in [1.165, 1.54) is 0 Å². The van der Waals surface area contributed by atoms with Crippen LogP contribution >= 0.6 is 0 Å². The van der Waals surface area contributed by atoms with E-state index < -0.39 is 44.7 Å². The van der Waals surface area contributed by atoms with Crippen LogP contribution in [0.25, 0.3) is 0 Å². The minimum atomic E-state index is -4.64. The normalized spacial score (nSPS) is 13.1. The zero-order valence-electron chi connectivity index (χ0n) is 22.8. The fraction of sp³-hybridized carbons (Fsp3) is 0.188.